The van der Waals surface area contributed by atoms with E-state index in [2.05, 4.69) is 9.92 Å². The molecule has 0 heterocycles. The van der Waals surface area contributed by atoms with Crippen molar-refractivity contribution in [2.75, 3.05) is 0 Å². The number of primary amides is 1. The first kappa shape index (κ1) is 12.0. The van der Waals surface area contributed by atoms with E-state index < -0.39 is 22.2 Å². The van der Waals surface area contributed by atoms with E-state index in [1.54, 1.807) is 6.07 Å². The molecular formula is C8H8N2O5S. The van der Waals surface area contributed by atoms with Crippen molar-refractivity contribution in [1.82, 2.24) is 5.32 Å². The van der Waals surface area contributed by atoms with E-state index in [4.69, 9.17) is 0 Å². The summed E-state index contributed by atoms with van der Waals surface area (Å²) in [6, 6.07) is 5.81. The number of hydrogen-bond acceptors (Lipinski definition) is 5. The Bertz CT molecular complexity index is 496. The predicted molar refractivity (Wildman–Crippen MR) is 52.8 cm³/mol. The molecule has 16 heavy (non-hydrogen) atoms. The minimum atomic E-state index is -4.22. The molecule has 0 aliphatic heterocycles. The van der Waals surface area contributed by atoms with Crippen molar-refractivity contribution in [1.29, 1.82) is 0 Å². The Hall–Kier alpha value is -2.09. The van der Waals surface area contributed by atoms with Gasteiger partial charge in [0.15, 0.2) is 0 Å². The maximum absolute atomic E-state index is 11.4. The summed E-state index contributed by atoms with van der Waals surface area (Å²) in [5.74, 6) is 0. The fourth-order valence-corrected chi connectivity index (χ4v) is 1.68. The van der Waals surface area contributed by atoms with Crippen LogP contribution in [0.5, 0.6) is 0 Å². The quantitative estimate of drug-likeness (QED) is 0.720. The minimum Gasteiger partial charge on any atom is -0.351 e. The van der Waals surface area contributed by atoms with E-state index in [1.807, 2.05) is 0 Å². The van der Waals surface area contributed by atoms with Crippen LogP contribution in [0.1, 0.15) is 0 Å². The molecule has 0 fully saturated rings. The Balaban J connectivity index is 2.81. The maximum Gasteiger partial charge on any atom is 0.431 e. The van der Waals surface area contributed by atoms with Crippen LogP contribution in [0.4, 0.5) is 9.59 Å². The van der Waals surface area contributed by atoms with Gasteiger partial charge in [-0.15, -0.1) is 0 Å². The van der Waals surface area contributed by atoms with Crippen LogP contribution in [-0.4, -0.2) is 20.5 Å². The summed E-state index contributed by atoms with van der Waals surface area (Å²) in [5.41, 5.74) is 4.61. The van der Waals surface area contributed by atoms with E-state index in [9.17, 15) is 18.0 Å². The van der Waals surface area contributed by atoms with E-state index in [0.717, 1.165) is 0 Å². The lowest BCUT2D eigenvalue weighted by Crippen LogP contribution is -2.36. The normalized spacial score (nSPS) is 10.5. The van der Waals surface area contributed by atoms with E-state index in [-0.39, 0.29) is 4.90 Å². The van der Waals surface area contributed by atoms with Crippen LogP contribution >= 0.6 is 0 Å². The number of benzene rings is 1. The van der Waals surface area contributed by atoms with Gasteiger partial charge in [-0.2, -0.15) is 8.42 Å². The van der Waals surface area contributed by atoms with Crippen molar-refractivity contribution in [3.05, 3.63) is 30.3 Å². The lowest BCUT2D eigenvalue weighted by Gasteiger charge is -2.04. The van der Waals surface area contributed by atoms with Gasteiger partial charge in [0.1, 0.15) is 4.90 Å². The third-order valence-electron chi connectivity index (χ3n) is 1.44. The van der Waals surface area contributed by atoms with E-state index in [0.29, 0.717) is 0 Å². The summed E-state index contributed by atoms with van der Waals surface area (Å²) in [6.07, 6.45) is -1.45. The Morgan fingerprint density at radius 1 is 1.19 bits per heavy atom. The van der Waals surface area contributed by atoms with Gasteiger partial charge < -0.3 is 9.92 Å². The van der Waals surface area contributed by atoms with Gasteiger partial charge in [-0.1, -0.05) is 18.2 Å². The molecule has 0 spiro atoms. The van der Waals surface area contributed by atoms with Crippen molar-refractivity contribution in [3.63, 3.8) is 0 Å². The zero-order valence-electron chi connectivity index (χ0n) is 7.91. The van der Waals surface area contributed by atoms with Gasteiger partial charge >= 0.3 is 22.2 Å². The number of rotatable bonds is 2. The highest BCUT2D eigenvalue weighted by atomic mass is 32.2. The first-order chi connectivity index (χ1) is 7.42. The van der Waals surface area contributed by atoms with Crippen LogP contribution < -0.4 is 11.1 Å². The van der Waals surface area contributed by atoms with Crippen molar-refractivity contribution in [3.8, 4) is 0 Å². The molecule has 0 unspecified atom stereocenters. The Morgan fingerprint density at radius 2 is 1.75 bits per heavy atom. The second-order valence-corrected chi connectivity index (χ2v) is 4.17. The fourth-order valence-electron chi connectivity index (χ4n) is 0.856. The van der Waals surface area contributed by atoms with Gasteiger partial charge in [0.25, 0.3) is 0 Å². The highest BCUT2D eigenvalue weighted by Gasteiger charge is 2.20. The summed E-state index contributed by atoms with van der Waals surface area (Å²) < 4.78 is 26.8. The number of imide groups is 1. The standard InChI is InChI=1S/C8H8N2O5S/c9-7(11)10-8(12)15-16(13,14)6-4-2-1-3-5-6/h1-5H,(H3,9,10,11,12). The number of urea groups is 1. The van der Waals surface area contributed by atoms with Crippen molar-refractivity contribution in [2.45, 2.75) is 4.90 Å². The average molecular weight is 244 g/mol. The predicted octanol–water partition coefficient (Wildman–Crippen LogP) is 0.180. The summed E-state index contributed by atoms with van der Waals surface area (Å²) in [4.78, 5) is 20.9. The molecule has 0 radical (unpaired) electrons. The first-order valence-corrected chi connectivity index (χ1v) is 5.42. The molecule has 7 nitrogen and oxygen atoms in total. The van der Waals surface area contributed by atoms with Crippen LogP contribution in [0, 0.1) is 0 Å². The van der Waals surface area contributed by atoms with Gasteiger partial charge in [-0.05, 0) is 12.1 Å². The number of carbonyl (C=O) groups is 2. The van der Waals surface area contributed by atoms with Gasteiger partial charge in [0, 0.05) is 0 Å². The zero-order valence-corrected chi connectivity index (χ0v) is 8.73. The third kappa shape index (κ3) is 3.24. The number of hydrogen-bond donors (Lipinski definition) is 2. The van der Waals surface area contributed by atoms with Gasteiger partial charge in [0.2, 0.25) is 0 Å². The molecule has 86 valence electrons. The van der Waals surface area contributed by atoms with Gasteiger partial charge in [-0.3, -0.25) is 0 Å². The zero-order chi connectivity index (χ0) is 12.2. The third-order valence-corrected chi connectivity index (χ3v) is 2.66. The molecule has 0 atom stereocenters. The second-order valence-electron chi connectivity index (χ2n) is 2.63. The molecule has 0 aliphatic rings. The highest BCUT2D eigenvalue weighted by Crippen LogP contribution is 2.10. The molecule has 8 heteroatoms. The fraction of sp³-hybridized carbons (Fsp3) is 0. The SMILES string of the molecule is NC(=O)NC(=O)OS(=O)(=O)c1ccccc1. The molecule has 3 amide bonds. The molecule has 0 aromatic heterocycles. The van der Waals surface area contributed by atoms with Gasteiger partial charge in [-0.25, -0.2) is 14.9 Å². The lowest BCUT2D eigenvalue weighted by atomic mass is 10.4. The molecule has 1 aromatic rings. The number of nitrogens with one attached hydrogen (secondary N) is 1. The number of carbonyl (C=O) groups excluding carboxylic acids is 2. The number of amides is 3. The summed E-state index contributed by atoms with van der Waals surface area (Å²) in [6.45, 7) is 0. The Morgan fingerprint density at radius 3 is 2.25 bits per heavy atom. The largest absolute Gasteiger partial charge is 0.431 e. The van der Waals surface area contributed by atoms with Crippen LogP contribution in [0.25, 0.3) is 0 Å². The molecular weight excluding hydrogens is 236 g/mol. The summed E-state index contributed by atoms with van der Waals surface area (Å²) in [7, 11) is -4.22. The highest BCUT2D eigenvalue weighted by molar-refractivity contribution is 7.87. The van der Waals surface area contributed by atoms with Crippen LogP contribution in [-0.2, 0) is 14.3 Å². The van der Waals surface area contributed by atoms with Crippen molar-refractivity contribution in [2.24, 2.45) is 5.73 Å². The average Bonchev–Trinajstić information content (AvgIpc) is 2.16. The van der Waals surface area contributed by atoms with E-state index >= 15 is 0 Å². The molecule has 0 saturated heterocycles. The molecule has 3 N–H and O–H groups in total. The molecule has 1 aromatic carbocycles. The summed E-state index contributed by atoms with van der Waals surface area (Å²) >= 11 is 0. The van der Waals surface area contributed by atoms with Crippen LogP contribution in [0.2, 0.25) is 0 Å². The molecule has 0 saturated carbocycles. The summed E-state index contributed by atoms with van der Waals surface area (Å²) in [5, 5.41) is 1.47. The van der Waals surface area contributed by atoms with Crippen LogP contribution in [0.3, 0.4) is 0 Å². The molecule has 1 rings (SSSR count). The monoisotopic (exact) mass is 244 g/mol. The molecule has 0 bridgehead atoms. The van der Waals surface area contributed by atoms with Gasteiger partial charge in [0.05, 0.1) is 0 Å². The maximum atomic E-state index is 11.4. The lowest BCUT2D eigenvalue weighted by molar-refractivity contribution is 0.200. The Labute approximate surface area is 91.3 Å². The number of nitrogens with two attached hydrogens (primary N) is 1. The smallest absolute Gasteiger partial charge is 0.351 e. The van der Waals surface area contributed by atoms with Crippen molar-refractivity contribution >= 4 is 22.2 Å². The second kappa shape index (κ2) is 4.62. The molecule has 0 aliphatic carbocycles. The Kier molecular flexibility index (Phi) is 3.46. The van der Waals surface area contributed by atoms with Crippen molar-refractivity contribution < 1.29 is 22.2 Å². The minimum absolute atomic E-state index is 0.199. The van der Waals surface area contributed by atoms with Crippen LogP contribution in [0.15, 0.2) is 35.2 Å². The first-order valence-electron chi connectivity index (χ1n) is 4.02. The van der Waals surface area contributed by atoms with E-state index in [1.165, 1.54) is 29.6 Å². The topological polar surface area (TPSA) is 116 Å².